The highest BCUT2D eigenvalue weighted by Crippen LogP contribution is 2.15. The highest BCUT2D eigenvalue weighted by molar-refractivity contribution is 5.80. The zero-order valence-electron chi connectivity index (χ0n) is 16.2. The molecule has 2 aromatic rings. The number of hydrogen-bond donors (Lipinski definition) is 1. The maximum Gasteiger partial charge on any atom is 0.224 e. The van der Waals surface area contributed by atoms with Gasteiger partial charge in [0.2, 0.25) is 11.8 Å². The minimum absolute atomic E-state index is 0.0564. The van der Waals surface area contributed by atoms with E-state index in [2.05, 4.69) is 17.4 Å². The van der Waals surface area contributed by atoms with Crippen LogP contribution in [-0.2, 0) is 27.2 Å². The Labute approximate surface area is 166 Å². The molecule has 28 heavy (non-hydrogen) atoms. The van der Waals surface area contributed by atoms with Crippen LogP contribution in [0.3, 0.4) is 0 Å². The van der Waals surface area contributed by atoms with E-state index in [9.17, 15) is 9.59 Å². The molecule has 3 rings (SSSR count). The maximum atomic E-state index is 12.8. The molecule has 1 N–H and O–H groups in total. The summed E-state index contributed by atoms with van der Waals surface area (Å²) in [6, 6.07) is 19.9. The summed E-state index contributed by atoms with van der Waals surface area (Å²) in [4.78, 5) is 26.8. The van der Waals surface area contributed by atoms with Gasteiger partial charge in [-0.05, 0) is 24.0 Å². The minimum atomic E-state index is -0.0564. The molecule has 0 saturated carbocycles. The zero-order chi connectivity index (χ0) is 19.6. The van der Waals surface area contributed by atoms with Gasteiger partial charge in [0.05, 0.1) is 19.1 Å². The number of hydrogen-bond acceptors (Lipinski definition) is 3. The van der Waals surface area contributed by atoms with Crippen molar-refractivity contribution >= 4 is 11.8 Å². The lowest BCUT2D eigenvalue weighted by molar-refractivity contribution is -0.133. The van der Waals surface area contributed by atoms with Crippen molar-refractivity contribution in [2.75, 3.05) is 26.3 Å². The summed E-state index contributed by atoms with van der Waals surface area (Å²) in [7, 11) is 0. The lowest BCUT2D eigenvalue weighted by Crippen LogP contribution is -2.43. The van der Waals surface area contributed by atoms with E-state index in [0.717, 1.165) is 18.4 Å². The topological polar surface area (TPSA) is 58.6 Å². The monoisotopic (exact) mass is 380 g/mol. The molecule has 0 radical (unpaired) electrons. The van der Waals surface area contributed by atoms with E-state index in [4.69, 9.17) is 4.74 Å². The third-order valence-electron chi connectivity index (χ3n) is 5.02. The number of amides is 2. The third kappa shape index (κ3) is 6.20. The summed E-state index contributed by atoms with van der Waals surface area (Å²) in [6.07, 6.45) is 2.35. The van der Waals surface area contributed by atoms with Crippen molar-refractivity contribution in [3.05, 3.63) is 71.8 Å². The van der Waals surface area contributed by atoms with E-state index in [1.54, 1.807) is 0 Å². The van der Waals surface area contributed by atoms with Crippen molar-refractivity contribution in [2.24, 2.45) is 0 Å². The van der Waals surface area contributed by atoms with Crippen molar-refractivity contribution in [1.82, 2.24) is 10.2 Å². The van der Waals surface area contributed by atoms with Gasteiger partial charge in [-0.3, -0.25) is 9.59 Å². The molecule has 0 aromatic heterocycles. The first-order valence-electron chi connectivity index (χ1n) is 9.94. The quantitative estimate of drug-likeness (QED) is 0.727. The van der Waals surface area contributed by atoms with E-state index in [1.165, 1.54) is 5.56 Å². The average molecular weight is 380 g/mol. The second kappa shape index (κ2) is 10.6. The first-order chi connectivity index (χ1) is 13.7. The number of rotatable bonds is 9. The second-order valence-electron chi connectivity index (χ2n) is 7.10. The first kappa shape index (κ1) is 20.1. The van der Waals surface area contributed by atoms with Gasteiger partial charge in [-0.25, -0.2) is 0 Å². The fraction of sp³-hybridized carbons (Fsp3) is 0.391. The van der Waals surface area contributed by atoms with Crippen molar-refractivity contribution < 1.29 is 14.3 Å². The molecule has 1 fully saturated rings. The molecule has 1 aliphatic heterocycles. The Morgan fingerprint density at radius 1 is 1.00 bits per heavy atom. The molecule has 1 heterocycles. The molecule has 2 amide bonds. The molecular weight excluding hydrogens is 352 g/mol. The smallest absolute Gasteiger partial charge is 0.224 e. The van der Waals surface area contributed by atoms with Gasteiger partial charge in [-0.2, -0.15) is 0 Å². The van der Waals surface area contributed by atoms with E-state index in [0.29, 0.717) is 39.1 Å². The number of carbonyl (C=O) groups excluding carboxylic acids is 2. The number of nitrogens with one attached hydrogen (secondary N) is 1. The van der Waals surface area contributed by atoms with Gasteiger partial charge in [-0.15, -0.1) is 0 Å². The van der Waals surface area contributed by atoms with Crippen LogP contribution in [0.5, 0.6) is 0 Å². The van der Waals surface area contributed by atoms with Crippen LogP contribution in [0, 0.1) is 0 Å². The van der Waals surface area contributed by atoms with Gasteiger partial charge in [0, 0.05) is 26.1 Å². The van der Waals surface area contributed by atoms with E-state index in [1.807, 2.05) is 53.4 Å². The maximum absolute atomic E-state index is 12.8. The fourth-order valence-electron chi connectivity index (χ4n) is 3.47. The average Bonchev–Trinajstić information content (AvgIpc) is 3.24. The van der Waals surface area contributed by atoms with Gasteiger partial charge in [0.1, 0.15) is 0 Å². The lowest BCUT2D eigenvalue weighted by atomic mass is 10.1. The van der Waals surface area contributed by atoms with Gasteiger partial charge in [0.25, 0.3) is 0 Å². The van der Waals surface area contributed by atoms with Crippen LogP contribution in [0.1, 0.15) is 24.0 Å². The van der Waals surface area contributed by atoms with E-state index < -0.39 is 0 Å². The molecule has 2 aromatic carbocycles. The summed E-state index contributed by atoms with van der Waals surface area (Å²) >= 11 is 0. The largest absolute Gasteiger partial charge is 0.379 e. The molecule has 5 nitrogen and oxygen atoms in total. The Kier molecular flexibility index (Phi) is 7.62. The number of carbonyl (C=O) groups is 2. The Morgan fingerprint density at radius 3 is 2.32 bits per heavy atom. The highest BCUT2D eigenvalue weighted by atomic mass is 16.5. The first-order valence-corrected chi connectivity index (χ1v) is 9.94. The Bertz CT molecular complexity index is 743. The molecule has 1 saturated heterocycles. The van der Waals surface area contributed by atoms with Gasteiger partial charge >= 0.3 is 0 Å². The molecule has 1 atom stereocenters. The summed E-state index contributed by atoms with van der Waals surface area (Å²) < 4.78 is 5.49. The number of nitrogens with zero attached hydrogens (tertiary/aromatic N) is 1. The molecule has 0 aliphatic carbocycles. The molecule has 0 spiro atoms. The van der Waals surface area contributed by atoms with Gasteiger partial charge < -0.3 is 15.0 Å². The highest BCUT2D eigenvalue weighted by Gasteiger charge is 2.26. The fourth-order valence-corrected chi connectivity index (χ4v) is 3.47. The standard InChI is InChI=1S/C23H28N2O3/c26-22(17-20-9-5-2-6-10-20)24-14-11-23(27)25(21-13-16-28-18-21)15-12-19-7-3-1-4-8-19/h1-10,21H,11-18H2,(H,24,26)/t21-/m0/s1. The summed E-state index contributed by atoms with van der Waals surface area (Å²) in [6.45, 7) is 2.34. The molecule has 0 bridgehead atoms. The van der Waals surface area contributed by atoms with Crippen LogP contribution in [0.15, 0.2) is 60.7 Å². The van der Waals surface area contributed by atoms with E-state index in [-0.39, 0.29) is 17.9 Å². The van der Waals surface area contributed by atoms with Crippen molar-refractivity contribution in [2.45, 2.75) is 31.7 Å². The van der Waals surface area contributed by atoms with Crippen LogP contribution in [0.2, 0.25) is 0 Å². The third-order valence-corrected chi connectivity index (χ3v) is 5.02. The van der Waals surface area contributed by atoms with Gasteiger partial charge in [-0.1, -0.05) is 60.7 Å². The summed E-state index contributed by atoms with van der Waals surface area (Å²) in [5.41, 5.74) is 2.19. The summed E-state index contributed by atoms with van der Waals surface area (Å²) in [5.74, 6) is 0.0190. The van der Waals surface area contributed by atoms with Crippen LogP contribution in [0.25, 0.3) is 0 Å². The molecule has 1 aliphatic rings. The van der Waals surface area contributed by atoms with E-state index >= 15 is 0 Å². The molecular formula is C23H28N2O3. The number of benzene rings is 2. The van der Waals surface area contributed by atoms with Crippen molar-refractivity contribution in [3.63, 3.8) is 0 Å². The Balaban J connectivity index is 1.47. The predicted molar refractivity (Wildman–Crippen MR) is 109 cm³/mol. The Hall–Kier alpha value is -2.66. The lowest BCUT2D eigenvalue weighted by Gasteiger charge is -2.28. The van der Waals surface area contributed by atoms with Crippen LogP contribution >= 0.6 is 0 Å². The molecule has 148 valence electrons. The van der Waals surface area contributed by atoms with Crippen LogP contribution < -0.4 is 5.32 Å². The van der Waals surface area contributed by atoms with Crippen LogP contribution in [0.4, 0.5) is 0 Å². The number of ether oxygens (including phenoxy) is 1. The van der Waals surface area contributed by atoms with Crippen LogP contribution in [-0.4, -0.2) is 49.1 Å². The zero-order valence-corrected chi connectivity index (χ0v) is 16.2. The second-order valence-corrected chi connectivity index (χ2v) is 7.10. The van der Waals surface area contributed by atoms with Crippen molar-refractivity contribution in [3.8, 4) is 0 Å². The summed E-state index contributed by atoms with van der Waals surface area (Å²) in [5, 5.41) is 2.86. The predicted octanol–water partition coefficient (Wildman–Crippen LogP) is 2.60. The van der Waals surface area contributed by atoms with Gasteiger partial charge in [0.15, 0.2) is 0 Å². The van der Waals surface area contributed by atoms with Crippen molar-refractivity contribution in [1.29, 1.82) is 0 Å². The normalized spacial score (nSPS) is 15.9. The minimum Gasteiger partial charge on any atom is -0.379 e. The molecule has 5 heteroatoms. The Morgan fingerprint density at radius 2 is 1.68 bits per heavy atom. The SMILES string of the molecule is O=C(Cc1ccccc1)NCCC(=O)N(CCc1ccccc1)[C@H]1CCOC1. The molecule has 0 unspecified atom stereocenters.